The zero-order chi connectivity index (χ0) is 25.1. The maximum Gasteiger partial charge on any atom is 0.267 e. The van der Waals surface area contributed by atoms with E-state index in [0.717, 1.165) is 34.3 Å². The van der Waals surface area contributed by atoms with Crippen molar-refractivity contribution in [3.05, 3.63) is 119 Å². The van der Waals surface area contributed by atoms with E-state index in [1.54, 1.807) is 0 Å². The molecule has 0 amide bonds. The molecule has 0 radical (unpaired) electrons. The highest BCUT2D eigenvalue weighted by Gasteiger charge is 2.37. The van der Waals surface area contributed by atoms with Gasteiger partial charge in [0.2, 0.25) is 0 Å². The number of ether oxygens (including phenoxy) is 2. The number of benzene rings is 4. The molecule has 4 aromatic rings. The third kappa shape index (κ3) is 3.53. The molecule has 0 saturated carbocycles. The third-order valence-electron chi connectivity index (χ3n) is 7.25. The number of allylic oxidation sites excluding steroid dienone is 4. The van der Waals surface area contributed by atoms with E-state index in [1.165, 1.54) is 32.7 Å². The lowest BCUT2D eigenvalue weighted by Gasteiger charge is -2.26. The summed E-state index contributed by atoms with van der Waals surface area (Å²) in [4.78, 5) is 4.32. The summed E-state index contributed by atoms with van der Waals surface area (Å²) >= 11 is 0. The lowest BCUT2D eigenvalue weighted by molar-refractivity contribution is 0.255. The molecule has 2 aliphatic heterocycles. The van der Waals surface area contributed by atoms with Crippen LogP contribution in [0.3, 0.4) is 0 Å². The van der Waals surface area contributed by atoms with Crippen molar-refractivity contribution in [3.63, 3.8) is 0 Å². The molecule has 4 nitrogen and oxygen atoms in total. The highest BCUT2D eigenvalue weighted by Crippen LogP contribution is 2.43. The average molecular weight is 475 g/mol. The minimum absolute atomic E-state index is 0.677. The standard InChI is InChI=1S/C32H30N2O2/c1-19-7-9-27-17-29(13-11-25(27)15-19)33-21(3)23(5)35-31(33)32-34(22(4)24(6)36-32)30-14-12-26-16-20(2)8-10-28(26)18-30/h7-18H,1-6H3/b32-31+. The second-order valence-electron chi connectivity index (χ2n) is 9.84. The van der Waals surface area contributed by atoms with Gasteiger partial charge < -0.3 is 9.47 Å². The summed E-state index contributed by atoms with van der Waals surface area (Å²) in [6.45, 7) is 12.4. The molecule has 0 fully saturated rings. The normalized spacial score (nSPS) is 18.1. The molecule has 0 N–H and O–H groups in total. The predicted octanol–water partition coefficient (Wildman–Crippen LogP) is 8.61. The van der Waals surface area contributed by atoms with Crippen LogP contribution in [-0.4, -0.2) is 0 Å². The molecule has 2 heterocycles. The summed E-state index contributed by atoms with van der Waals surface area (Å²) in [6, 6.07) is 26.2. The molecule has 0 unspecified atom stereocenters. The number of fused-ring (bicyclic) bond motifs is 2. The predicted molar refractivity (Wildman–Crippen MR) is 148 cm³/mol. The zero-order valence-corrected chi connectivity index (χ0v) is 21.6. The van der Waals surface area contributed by atoms with Gasteiger partial charge in [-0.3, -0.25) is 9.80 Å². The first-order chi connectivity index (χ1) is 17.3. The number of rotatable bonds is 2. The van der Waals surface area contributed by atoms with Gasteiger partial charge in [0.1, 0.15) is 11.5 Å². The van der Waals surface area contributed by atoms with Crippen LogP contribution in [0.2, 0.25) is 0 Å². The number of hydrogen-bond acceptors (Lipinski definition) is 4. The molecule has 0 atom stereocenters. The Balaban J connectivity index is 1.50. The zero-order valence-electron chi connectivity index (χ0n) is 21.6. The Hall–Kier alpha value is -4.18. The van der Waals surface area contributed by atoms with Crippen LogP contribution in [0.15, 0.2) is 107 Å². The smallest absolute Gasteiger partial charge is 0.267 e. The van der Waals surface area contributed by atoms with Crippen LogP contribution in [0, 0.1) is 13.8 Å². The summed E-state index contributed by atoms with van der Waals surface area (Å²) in [7, 11) is 0. The minimum atomic E-state index is 0.677. The fourth-order valence-corrected chi connectivity index (χ4v) is 5.03. The Morgan fingerprint density at radius 3 is 1.22 bits per heavy atom. The summed E-state index contributed by atoms with van der Waals surface area (Å²) in [6.07, 6.45) is 0. The van der Waals surface area contributed by atoms with Crippen molar-refractivity contribution in [2.75, 3.05) is 9.80 Å². The molecule has 0 bridgehead atoms. The third-order valence-corrected chi connectivity index (χ3v) is 7.25. The molecule has 2 aliphatic rings. The SMILES string of the molecule is CC1=C(C)N(c2ccc3cc(C)ccc3c2)/C(=C2\OC(C)=C(C)N2c2ccc3cc(C)ccc3c2)O1. The van der Waals surface area contributed by atoms with Gasteiger partial charge >= 0.3 is 0 Å². The molecule has 6 rings (SSSR count). The quantitative estimate of drug-likeness (QED) is 0.290. The highest BCUT2D eigenvalue weighted by molar-refractivity contribution is 5.89. The van der Waals surface area contributed by atoms with Crippen molar-refractivity contribution in [1.29, 1.82) is 0 Å². The van der Waals surface area contributed by atoms with Crippen LogP contribution in [-0.2, 0) is 9.47 Å². The number of nitrogens with zero attached hydrogens (tertiary/aromatic N) is 2. The van der Waals surface area contributed by atoms with Crippen LogP contribution in [0.5, 0.6) is 0 Å². The Bertz CT molecular complexity index is 1530. The first kappa shape index (κ1) is 22.3. The molecule has 0 aromatic heterocycles. The average Bonchev–Trinajstić information content (AvgIpc) is 3.33. The Kier molecular flexibility index (Phi) is 5.08. The van der Waals surface area contributed by atoms with E-state index >= 15 is 0 Å². The maximum atomic E-state index is 6.40. The van der Waals surface area contributed by atoms with Crippen LogP contribution < -0.4 is 9.80 Å². The van der Waals surface area contributed by atoms with Gasteiger partial charge in [-0.25, -0.2) is 0 Å². The van der Waals surface area contributed by atoms with Gasteiger partial charge in [-0.2, -0.15) is 0 Å². The van der Waals surface area contributed by atoms with Gasteiger partial charge in [-0.05, 0) is 87.4 Å². The fourth-order valence-electron chi connectivity index (χ4n) is 5.03. The first-order valence-corrected chi connectivity index (χ1v) is 12.4. The molecule has 4 aromatic carbocycles. The summed E-state index contributed by atoms with van der Waals surface area (Å²) in [5, 5.41) is 4.84. The molecule has 180 valence electrons. The highest BCUT2D eigenvalue weighted by atomic mass is 16.6. The fraction of sp³-hybridized carbons (Fsp3) is 0.188. The lowest BCUT2D eigenvalue weighted by Crippen LogP contribution is -2.25. The van der Waals surface area contributed by atoms with E-state index in [0.29, 0.717) is 11.8 Å². The van der Waals surface area contributed by atoms with Crippen molar-refractivity contribution in [3.8, 4) is 0 Å². The molecule has 4 heteroatoms. The van der Waals surface area contributed by atoms with Crippen molar-refractivity contribution in [1.82, 2.24) is 0 Å². The van der Waals surface area contributed by atoms with E-state index in [2.05, 4.69) is 110 Å². The van der Waals surface area contributed by atoms with Crippen LogP contribution >= 0.6 is 0 Å². The maximum absolute atomic E-state index is 6.40. The van der Waals surface area contributed by atoms with Crippen molar-refractivity contribution in [2.45, 2.75) is 41.5 Å². The largest absolute Gasteiger partial charge is 0.439 e. The summed E-state index contributed by atoms with van der Waals surface area (Å²) < 4.78 is 12.8. The minimum Gasteiger partial charge on any atom is -0.439 e. The van der Waals surface area contributed by atoms with Crippen LogP contribution in [0.25, 0.3) is 21.5 Å². The number of hydrogen-bond donors (Lipinski definition) is 0. The summed E-state index contributed by atoms with van der Waals surface area (Å²) in [5.74, 6) is 3.08. The van der Waals surface area contributed by atoms with Gasteiger partial charge in [0, 0.05) is 11.4 Å². The molecule has 36 heavy (non-hydrogen) atoms. The van der Waals surface area contributed by atoms with Gasteiger partial charge in [0.25, 0.3) is 11.8 Å². The second kappa shape index (κ2) is 8.20. The molecular weight excluding hydrogens is 444 g/mol. The van der Waals surface area contributed by atoms with E-state index < -0.39 is 0 Å². The topological polar surface area (TPSA) is 24.9 Å². The summed E-state index contributed by atoms with van der Waals surface area (Å²) in [5.41, 5.74) is 6.69. The molecular formula is C32H30N2O2. The van der Waals surface area contributed by atoms with Gasteiger partial charge in [0.05, 0.1) is 11.4 Å². The first-order valence-electron chi connectivity index (χ1n) is 12.4. The lowest BCUT2D eigenvalue weighted by atomic mass is 10.1. The van der Waals surface area contributed by atoms with Gasteiger partial charge in [-0.15, -0.1) is 0 Å². The van der Waals surface area contributed by atoms with E-state index in [1.807, 2.05) is 13.8 Å². The van der Waals surface area contributed by atoms with Gasteiger partial charge in [-0.1, -0.05) is 59.7 Å². The Labute approximate surface area is 212 Å². The van der Waals surface area contributed by atoms with Crippen molar-refractivity contribution >= 4 is 32.9 Å². The van der Waals surface area contributed by atoms with E-state index in [9.17, 15) is 0 Å². The molecule has 0 aliphatic carbocycles. The molecule has 0 saturated heterocycles. The van der Waals surface area contributed by atoms with Gasteiger partial charge in [0.15, 0.2) is 0 Å². The van der Waals surface area contributed by atoms with E-state index in [4.69, 9.17) is 9.47 Å². The number of anilines is 2. The second-order valence-corrected chi connectivity index (χ2v) is 9.84. The van der Waals surface area contributed by atoms with Crippen molar-refractivity contribution in [2.24, 2.45) is 0 Å². The van der Waals surface area contributed by atoms with Crippen molar-refractivity contribution < 1.29 is 9.47 Å². The monoisotopic (exact) mass is 474 g/mol. The number of aryl methyl sites for hydroxylation is 2. The Morgan fingerprint density at radius 1 is 0.444 bits per heavy atom. The molecule has 0 spiro atoms. The Morgan fingerprint density at radius 2 is 0.806 bits per heavy atom. The van der Waals surface area contributed by atoms with E-state index in [-0.39, 0.29) is 0 Å². The van der Waals surface area contributed by atoms with Crippen LogP contribution in [0.1, 0.15) is 38.8 Å². The van der Waals surface area contributed by atoms with Crippen LogP contribution in [0.4, 0.5) is 11.4 Å².